The van der Waals surface area contributed by atoms with E-state index in [1.807, 2.05) is 0 Å². The van der Waals surface area contributed by atoms with Crippen molar-refractivity contribution >= 4 is 22.8 Å². The molecule has 108 valence electrons. The summed E-state index contributed by atoms with van der Waals surface area (Å²) in [6, 6.07) is 5.65. The molecule has 0 aliphatic heterocycles. The Morgan fingerprint density at radius 3 is 2.62 bits per heavy atom. The van der Waals surface area contributed by atoms with Crippen LogP contribution < -0.4 is 4.74 Å². The molecule has 0 spiro atoms. The van der Waals surface area contributed by atoms with Crippen LogP contribution in [0.5, 0.6) is 5.75 Å². The molecule has 0 aliphatic carbocycles. The number of hydrogen-bond donors (Lipinski definition) is 0. The molecule has 0 atom stereocenters. The topological polar surface area (TPSA) is 52.8 Å². The quantitative estimate of drug-likeness (QED) is 0.681. The van der Waals surface area contributed by atoms with Crippen molar-refractivity contribution in [3.8, 4) is 11.4 Å². The number of halogens is 4. The molecule has 0 fully saturated rings. The number of nitrogens with zero attached hydrogens (tertiary/aromatic N) is 4. The van der Waals surface area contributed by atoms with Gasteiger partial charge in [-0.1, -0.05) is 23.7 Å². The second-order valence-electron chi connectivity index (χ2n) is 3.97. The van der Waals surface area contributed by atoms with Gasteiger partial charge < -0.3 is 4.74 Å². The van der Waals surface area contributed by atoms with Crippen LogP contribution in [0.1, 0.15) is 0 Å². The number of hydrogen-bond acceptors (Lipinski definition) is 4. The first-order valence-electron chi connectivity index (χ1n) is 5.64. The number of aromatic nitrogens is 4. The van der Waals surface area contributed by atoms with Crippen LogP contribution in [0.15, 0.2) is 36.9 Å². The van der Waals surface area contributed by atoms with Crippen molar-refractivity contribution in [1.82, 2.24) is 19.5 Å². The number of alkyl halides is 3. The van der Waals surface area contributed by atoms with E-state index >= 15 is 0 Å². The highest BCUT2D eigenvalue weighted by atomic mass is 35.5. The highest BCUT2D eigenvalue weighted by Gasteiger charge is 2.32. The van der Waals surface area contributed by atoms with Crippen molar-refractivity contribution in [1.29, 1.82) is 0 Å². The minimum atomic E-state index is -4.80. The molecular formula is C12H6ClF3N4O. The van der Waals surface area contributed by atoms with E-state index in [1.165, 1.54) is 35.4 Å². The van der Waals surface area contributed by atoms with Crippen molar-refractivity contribution in [3.05, 3.63) is 42.1 Å². The first kappa shape index (κ1) is 13.6. The summed E-state index contributed by atoms with van der Waals surface area (Å²) in [6.45, 7) is 0. The Bertz CT molecular complexity index is 803. The van der Waals surface area contributed by atoms with Gasteiger partial charge in [0, 0.05) is 0 Å². The first-order valence-corrected chi connectivity index (χ1v) is 6.02. The normalized spacial score (nSPS) is 11.8. The third-order valence-corrected chi connectivity index (χ3v) is 2.92. The zero-order chi connectivity index (χ0) is 15.0. The molecule has 3 aromatic rings. The fraction of sp³-hybridized carbons (Fsp3) is 0.0833. The van der Waals surface area contributed by atoms with Crippen LogP contribution in [-0.4, -0.2) is 25.9 Å². The molecule has 0 aliphatic rings. The van der Waals surface area contributed by atoms with Crippen molar-refractivity contribution < 1.29 is 17.9 Å². The van der Waals surface area contributed by atoms with Crippen LogP contribution in [-0.2, 0) is 0 Å². The van der Waals surface area contributed by atoms with Gasteiger partial charge in [0.05, 0.1) is 5.69 Å². The van der Waals surface area contributed by atoms with Crippen LogP contribution in [0, 0.1) is 0 Å². The fourth-order valence-corrected chi connectivity index (χ4v) is 2.09. The lowest BCUT2D eigenvalue weighted by Gasteiger charge is -2.14. The van der Waals surface area contributed by atoms with Crippen LogP contribution >= 0.6 is 11.6 Å². The lowest BCUT2D eigenvalue weighted by molar-refractivity contribution is -0.274. The lowest BCUT2D eigenvalue weighted by atomic mass is 10.3. The average molecular weight is 315 g/mol. The van der Waals surface area contributed by atoms with Gasteiger partial charge in [0.2, 0.25) is 0 Å². The van der Waals surface area contributed by atoms with Crippen molar-refractivity contribution in [2.24, 2.45) is 0 Å². The molecular weight excluding hydrogens is 309 g/mol. The summed E-state index contributed by atoms with van der Waals surface area (Å²) < 4.78 is 42.7. The van der Waals surface area contributed by atoms with Crippen LogP contribution in [0.3, 0.4) is 0 Å². The Kier molecular flexibility index (Phi) is 3.17. The maximum Gasteiger partial charge on any atom is 0.573 e. The van der Waals surface area contributed by atoms with Gasteiger partial charge in [-0.15, -0.1) is 13.2 Å². The smallest absolute Gasteiger partial charge is 0.404 e. The van der Waals surface area contributed by atoms with E-state index < -0.39 is 6.36 Å². The summed E-state index contributed by atoms with van der Waals surface area (Å²) in [5.41, 5.74) is 0.711. The zero-order valence-corrected chi connectivity index (χ0v) is 10.9. The number of fused-ring (bicyclic) bond motifs is 1. The van der Waals surface area contributed by atoms with Gasteiger partial charge in [0.15, 0.2) is 16.5 Å². The van der Waals surface area contributed by atoms with Crippen LogP contribution in [0.4, 0.5) is 13.2 Å². The van der Waals surface area contributed by atoms with E-state index in [-0.39, 0.29) is 22.2 Å². The molecule has 5 nitrogen and oxygen atoms in total. The number of ether oxygens (including phenoxy) is 1. The summed E-state index contributed by atoms with van der Waals surface area (Å²) in [7, 11) is 0. The van der Waals surface area contributed by atoms with Gasteiger partial charge >= 0.3 is 6.36 Å². The van der Waals surface area contributed by atoms with Gasteiger partial charge in [-0.3, -0.25) is 4.57 Å². The molecule has 9 heteroatoms. The predicted octanol–water partition coefficient (Wildman–Crippen LogP) is 3.37. The summed E-state index contributed by atoms with van der Waals surface area (Å²) in [5, 5.41) is 0.0827. The van der Waals surface area contributed by atoms with Gasteiger partial charge in [0.1, 0.15) is 18.2 Å². The standard InChI is InChI=1S/C12H6ClF3N4O/c13-10-9-11(18-5-17-10)19-6-20(9)7-3-1-2-4-8(7)21-12(14,15)16/h1-6H. The molecule has 0 bridgehead atoms. The Hall–Kier alpha value is -2.35. The number of imidazole rings is 1. The highest BCUT2D eigenvalue weighted by molar-refractivity contribution is 6.33. The van der Waals surface area contributed by atoms with E-state index in [9.17, 15) is 13.2 Å². The molecule has 0 unspecified atom stereocenters. The summed E-state index contributed by atoms with van der Waals surface area (Å²) in [5.74, 6) is -0.371. The van der Waals surface area contributed by atoms with Crippen LogP contribution in [0.2, 0.25) is 5.15 Å². The van der Waals surface area contributed by atoms with Crippen LogP contribution in [0.25, 0.3) is 16.9 Å². The summed E-state index contributed by atoms with van der Waals surface area (Å²) in [6.07, 6.45) is -2.27. The van der Waals surface area contributed by atoms with Gasteiger partial charge in [0.25, 0.3) is 0 Å². The molecule has 0 amide bonds. The summed E-state index contributed by atoms with van der Waals surface area (Å²) in [4.78, 5) is 11.7. The zero-order valence-electron chi connectivity index (χ0n) is 10.2. The van der Waals surface area contributed by atoms with Crippen molar-refractivity contribution in [2.75, 3.05) is 0 Å². The van der Waals surface area contributed by atoms with Gasteiger partial charge in [-0.25, -0.2) is 15.0 Å². The van der Waals surface area contributed by atoms with E-state index in [4.69, 9.17) is 11.6 Å². The molecule has 0 saturated carbocycles. The Morgan fingerprint density at radius 1 is 1.10 bits per heavy atom. The molecule has 0 radical (unpaired) electrons. The van der Waals surface area contributed by atoms with E-state index in [1.54, 1.807) is 6.07 Å². The number of benzene rings is 1. The largest absolute Gasteiger partial charge is 0.573 e. The second-order valence-corrected chi connectivity index (χ2v) is 4.32. The molecule has 1 aromatic carbocycles. The molecule has 0 N–H and O–H groups in total. The fourth-order valence-electron chi connectivity index (χ4n) is 1.87. The minimum Gasteiger partial charge on any atom is -0.404 e. The minimum absolute atomic E-state index is 0.0827. The number of rotatable bonds is 2. The summed E-state index contributed by atoms with van der Waals surface area (Å²) >= 11 is 5.96. The predicted molar refractivity (Wildman–Crippen MR) is 68.4 cm³/mol. The number of para-hydroxylation sites is 2. The molecule has 2 aromatic heterocycles. The Morgan fingerprint density at radius 2 is 1.86 bits per heavy atom. The van der Waals surface area contributed by atoms with Gasteiger partial charge in [-0.2, -0.15) is 0 Å². The second kappa shape index (κ2) is 4.88. The molecule has 3 rings (SSSR count). The van der Waals surface area contributed by atoms with Gasteiger partial charge in [-0.05, 0) is 12.1 Å². The SMILES string of the molecule is FC(F)(F)Oc1ccccc1-n1cnc2ncnc(Cl)c21. The third-order valence-electron chi connectivity index (χ3n) is 2.65. The van der Waals surface area contributed by atoms with Crippen molar-refractivity contribution in [2.45, 2.75) is 6.36 Å². The Balaban J connectivity index is 2.20. The first-order chi connectivity index (χ1) is 9.96. The molecule has 2 heterocycles. The Labute approximate surface area is 121 Å². The average Bonchev–Trinajstić information content (AvgIpc) is 2.83. The van der Waals surface area contributed by atoms with Crippen molar-refractivity contribution in [3.63, 3.8) is 0 Å². The third kappa shape index (κ3) is 2.62. The monoisotopic (exact) mass is 314 g/mol. The highest BCUT2D eigenvalue weighted by Crippen LogP contribution is 2.31. The molecule has 0 saturated heterocycles. The van der Waals surface area contributed by atoms with E-state index in [0.717, 1.165) is 0 Å². The lowest BCUT2D eigenvalue weighted by Crippen LogP contribution is -2.18. The van der Waals surface area contributed by atoms with E-state index in [2.05, 4.69) is 19.7 Å². The maximum absolute atomic E-state index is 12.5. The van der Waals surface area contributed by atoms with E-state index in [0.29, 0.717) is 5.52 Å². The molecule has 21 heavy (non-hydrogen) atoms. The maximum atomic E-state index is 12.5.